The third-order valence-electron chi connectivity index (χ3n) is 2.65. The summed E-state index contributed by atoms with van der Waals surface area (Å²) in [4.78, 5) is 27.2. The van der Waals surface area contributed by atoms with Crippen molar-refractivity contribution in [1.29, 1.82) is 0 Å². The molecule has 0 aliphatic heterocycles. The van der Waals surface area contributed by atoms with Crippen LogP contribution < -0.4 is 10.6 Å². The van der Waals surface area contributed by atoms with Gasteiger partial charge in [-0.25, -0.2) is 0 Å². The van der Waals surface area contributed by atoms with Crippen LogP contribution in [-0.2, 0) is 0 Å². The Bertz CT molecular complexity index is 613. The molecule has 2 N–H and O–H groups in total. The number of nitrogens with one attached hydrogen (secondary N) is 2. The molecule has 0 saturated carbocycles. The van der Waals surface area contributed by atoms with Gasteiger partial charge in [0.1, 0.15) is 0 Å². The molecule has 2 rings (SSSR count). The van der Waals surface area contributed by atoms with Crippen LogP contribution in [0, 0.1) is 0 Å². The average Bonchev–Trinajstić information content (AvgIpc) is 2.94. The van der Waals surface area contributed by atoms with Gasteiger partial charge in [-0.1, -0.05) is 0 Å². The molecule has 7 heteroatoms. The summed E-state index contributed by atoms with van der Waals surface area (Å²) in [6.07, 6.45) is 3.74. The Labute approximate surface area is 130 Å². The topological polar surface area (TPSA) is 84.2 Å². The van der Waals surface area contributed by atoms with Crippen LogP contribution in [0.1, 0.15) is 27.3 Å². The molecule has 2 aromatic rings. The lowest BCUT2D eigenvalue weighted by molar-refractivity contribution is 0.0924. The standard InChI is InChI=1S/C14H14BrN3O3/c15-12-5-4-11(21-12)14(20)18-8-2-7-17-13(19)10-3-1-6-16-9-10/h1,3-6,9H,2,7-8H2,(H,17,19)(H,18,20). The minimum atomic E-state index is -0.278. The van der Waals surface area contributed by atoms with E-state index < -0.39 is 0 Å². The average molecular weight is 352 g/mol. The zero-order valence-electron chi connectivity index (χ0n) is 11.1. The zero-order chi connectivity index (χ0) is 15.1. The van der Waals surface area contributed by atoms with Crippen LogP contribution in [0.5, 0.6) is 0 Å². The van der Waals surface area contributed by atoms with Gasteiger partial charge in [-0.05, 0) is 46.6 Å². The summed E-state index contributed by atoms with van der Waals surface area (Å²) in [5.74, 6) is -0.204. The molecule has 0 aliphatic rings. The molecule has 0 unspecified atom stereocenters. The highest BCUT2D eigenvalue weighted by Gasteiger charge is 2.09. The summed E-state index contributed by atoms with van der Waals surface area (Å²) in [5.41, 5.74) is 0.516. The van der Waals surface area contributed by atoms with E-state index in [0.29, 0.717) is 29.7 Å². The third-order valence-corrected chi connectivity index (χ3v) is 3.07. The second kappa shape index (κ2) is 7.58. The minimum Gasteiger partial charge on any atom is -0.444 e. The maximum atomic E-state index is 11.7. The summed E-state index contributed by atoms with van der Waals surface area (Å²) >= 11 is 3.13. The van der Waals surface area contributed by atoms with Crippen molar-refractivity contribution in [2.45, 2.75) is 6.42 Å². The summed E-state index contributed by atoms with van der Waals surface area (Å²) in [5, 5.41) is 5.46. The van der Waals surface area contributed by atoms with Gasteiger partial charge in [0, 0.05) is 25.5 Å². The first kappa shape index (κ1) is 15.2. The van der Waals surface area contributed by atoms with Crippen LogP contribution in [-0.4, -0.2) is 29.9 Å². The molecule has 2 amide bonds. The van der Waals surface area contributed by atoms with Crippen LogP contribution in [0.25, 0.3) is 0 Å². The highest BCUT2D eigenvalue weighted by atomic mass is 79.9. The van der Waals surface area contributed by atoms with E-state index in [4.69, 9.17) is 4.42 Å². The molecule has 21 heavy (non-hydrogen) atoms. The fourth-order valence-corrected chi connectivity index (χ4v) is 1.92. The number of hydrogen-bond donors (Lipinski definition) is 2. The van der Waals surface area contributed by atoms with Crippen LogP contribution in [0.4, 0.5) is 0 Å². The van der Waals surface area contributed by atoms with Crippen LogP contribution in [0.15, 0.2) is 45.7 Å². The van der Waals surface area contributed by atoms with Crippen LogP contribution in [0.3, 0.4) is 0 Å². The predicted octanol–water partition coefficient (Wildman–Crippen LogP) is 1.99. The number of halogens is 1. The van der Waals surface area contributed by atoms with Gasteiger partial charge in [0.15, 0.2) is 10.4 Å². The number of nitrogens with zero attached hydrogens (tertiary/aromatic N) is 1. The number of amides is 2. The zero-order valence-corrected chi connectivity index (χ0v) is 12.7. The molecule has 0 fully saturated rings. The Morgan fingerprint density at radius 3 is 2.52 bits per heavy atom. The molecule has 6 nitrogen and oxygen atoms in total. The van der Waals surface area contributed by atoms with Gasteiger partial charge >= 0.3 is 0 Å². The van der Waals surface area contributed by atoms with Crippen molar-refractivity contribution in [2.75, 3.05) is 13.1 Å². The molecular weight excluding hydrogens is 338 g/mol. The van der Waals surface area contributed by atoms with E-state index in [-0.39, 0.29) is 17.6 Å². The van der Waals surface area contributed by atoms with Gasteiger partial charge in [0.05, 0.1) is 5.56 Å². The Morgan fingerprint density at radius 2 is 1.90 bits per heavy atom. The van der Waals surface area contributed by atoms with Crippen molar-refractivity contribution >= 4 is 27.7 Å². The maximum Gasteiger partial charge on any atom is 0.287 e. The van der Waals surface area contributed by atoms with Crippen molar-refractivity contribution in [2.24, 2.45) is 0 Å². The highest BCUT2D eigenvalue weighted by Crippen LogP contribution is 2.13. The fourth-order valence-electron chi connectivity index (χ4n) is 1.61. The lowest BCUT2D eigenvalue weighted by Gasteiger charge is -2.05. The number of aromatic nitrogens is 1. The largest absolute Gasteiger partial charge is 0.444 e. The quantitative estimate of drug-likeness (QED) is 0.779. The molecule has 0 aliphatic carbocycles. The molecule has 0 aromatic carbocycles. The van der Waals surface area contributed by atoms with Crippen LogP contribution in [0.2, 0.25) is 0 Å². The van der Waals surface area contributed by atoms with Crippen molar-refractivity contribution in [1.82, 2.24) is 15.6 Å². The third kappa shape index (κ3) is 4.71. The summed E-state index contributed by atoms with van der Waals surface area (Å²) in [6.45, 7) is 0.917. The Kier molecular flexibility index (Phi) is 5.51. The SMILES string of the molecule is O=C(NCCCNC(=O)c1ccc(Br)o1)c1cccnc1. The van der Waals surface area contributed by atoms with Crippen molar-refractivity contribution in [3.8, 4) is 0 Å². The first-order valence-electron chi connectivity index (χ1n) is 6.38. The second-order valence-electron chi connectivity index (χ2n) is 4.21. The van der Waals surface area contributed by atoms with Gasteiger partial charge in [-0.15, -0.1) is 0 Å². The number of carbonyl (C=O) groups excluding carboxylic acids is 2. The molecule has 0 spiro atoms. The molecule has 0 saturated heterocycles. The lowest BCUT2D eigenvalue weighted by Crippen LogP contribution is -2.29. The van der Waals surface area contributed by atoms with Crippen molar-refractivity contribution < 1.29 is 14.0 Å². The van der Waals surface area contributed by atoms with Gasteiger partial charge in [-0.3, -0.25) is 14.6 Å². The molecular formula is C14H14BrN3O3. The summed E-state index contributed by atoms with van der Waals surface area (Å²) in [6, 6.07) is 6.64. The predicted molar refractivity (Wildman–Crippen MR) is 79.9 cm³/mol. The van der Waals surface area contributed by atoms with E-state index in [1.165, 1.54) is 6.20 Å². The maximum absolute atomic E-state index is 11.7. The first-order chi connectivity index (χ1) is 10.2. The number of furan rings is 1. The second-order valence-corrected chi connectivity index (χ2v) is 4.99. The van der Waals surface area contributed by atoms with E-state index in [1.807, 2.05) is 0 Å². The van der Waals surface area contributed by atoms with Crippen LogP contribution >= 0.6 is 15.9 Å². The molecule has 0 bridgehead atoms. The molecule has 0 radical (unpaired) electrons. The van der Waals surface area contributed by atoms with E-state index in [0.717, 1.165) is 0 Å². The van der Waals surface area contributed by atoms with E-state index >= 15 is 0 Å². The van der Waals surface area contributed by atoms with Gasteiger partial charge in [-0.2, -0.15) is 0 Å². The van der Waals surface area contributed by atoms with Crippen molar-refractivity contribution in [3.63, 3.8) is 0 Å². The normalized spacial score (nSPS) is 10.1. The Balaban J connectivity index is 1.64. The smallest absolute Gasteiger partial charge is 0.287 e. The molecule has 2 aromatic heterocycles. The Morgan fingerprint density at radius 1 is 1.14 bits per heavy atom. The van der Waals surface area contributed by atoms with Gasteiger partial charge in [0.2, 0.25) is 0 Å². The first-order valence-corrected chi connectivity index (χ1v) is 7.18. The van der Waals surface area contributed by atoms with Crippen molar-refractivity contribution in [3.05, 3.63) is 52.7 Å². The number of hydrogen-bond acceptors (Lipinski definition) is 4. The lowest BCUT2D eigenvalue weighted by atomic mass is 10.2. The van der Waals surface area contributed by atoms with E-state index in [1.54, 1.807) is 30.5 Å². The van der Waals surface area contributed by atoms with Gasteiger partial charge in [0.25, 0.3) is 11.8 Å². The van der Waals surface area contributed by atoms with Gasteiger partial charge < -0.3 is 15.1 Å². The van der Waals surface area contributed by atoms with E-state index in [2.05, 4.69) is 31.5 Å². The Hall–Kier alpha value is -2.15. The number of rotatable bonds is 6. The monoisotopic (exact) mass is 351 g/mol. The number of carbonyl (C=O) groups is 2. The molecule has 2 heterocycles. The summed E-state index contributed by atoms with van der Waals surface area (Å²) < 4.78 is 5.64. The fraction of sp³-hybridized carbons (Fsp3) is 0.214. The number of pyridine rings is 1. The minimum absolute atomic E-state index is 0.176. The molecule has 0 atom stereocenters. The highest BCUT2D eigenvalue weighted by molar-refractivity contribution is 9.10. The van der Waals surface area contributed by atoms with E-state index in [9.17, 15) is 9.59 Å². The molecule has 110 valence electrons. The summed E-state index contributed by atoms with van der Waals surface area (Å²) in [7, 11) is 0.